The maximum absolute atomic E-state index is 13.1. The zero-order valence-electron chi connectivity index (χ0n) is 17.9. The van der Waals surface area contributed by atoms with E-state index >= 15 is 0 Å². The van der Waals surface area contributed by atoms with Gasteiger partial charge in [0.25, 0.3) is 5.91 Å². The third kappa shape index (κ3) is 4.19. The number of aromatic nitrogens is 3. The maximum atomic E-state index is 13.1. The van der Waals surface area contributed by atoms with Gasteiger partial charge in [0, 0.05) is 18.3 Å². The van der Waals surface area contributed by atoms with E-state index in [0.717, 1.165) is 38.0 Å². The molecule has 0 radical (unpaired) electrons. The number of thiazole rings is 1. The van der Waals surface area contributed by atoms with Crippen LogP contribution in [0.2, 0.25) is 0 Å². The summed E-state index contributed by atoms with van der Waals surface area (Å²) >= 11 is 1.60. The van der Waals surface area contributed by atoms with Crippen molar-refractivity contribution in [2.75, 3.05) is 25.0 Å². The van der Waals surface area contributed by atoms with Crippen LogP contribution in [-0.2, 0) is 4.74 Å². The van der Waals surface area contributed by atoms with Crippen LogP contribution in [0.25, 0.3) is 10.2 Å². The summed E-state index contributed by atoms with van der Waals surface area (Å²) in [6, 6.07) is 13.5. The molecule has 8 heteroatoms. The average molecular weight is 446 g/mol. The molecule has 1 amide bonds. The Hall–Kier alpha value is -3.36. The molecule has 1 aliphatic heterocycles. The van der Waals surface area contributed by atoms with Gasteiger partial charge in [0.15, 0.2) is 0 Å². The van der Waals surface area contributed by atoms with E-state index in [4.69, 9.17) is 4.74 Å². The molecule has 0 saturated carbocycles. The molecule has 3 aromatic heterocycles. The van der Waals surface area contributed by atoms with Gasteiger partial charge in [0.2, 0.25) is 0 Å². The molecule has 1 N–H and O–H groups in total. The molecule has 0 unspecified atom stereocenters. The number of carbonyl (C=O) groups is 1. The van der Waals surface area contributed by atoms with E-state index in [9.17, 15) is 4.79 Å². The lowest BCUT2D eigenvalue weighted by Gasteiger charge is -2.32. The monoisotopic (exact) mass is 445 g/mol. The van der Waals surface area contributed by atoms with Crippen molar-refractivity contribution >= 4 is 39.0 Å². The second-order valence-electron chi connectivity index (χ2n) is 7.79. The Morgan fingerprint density at radius 2 is 2.09 bits per heavy atom. The van der Waals surface area contributed by atoms with Gasteiger partial charge in [-0.2, -0.15) is 0 Å². The minimum Gasteiger partial charge on any atom is -0.368 e. The van der Waals surface area contributed by atoms with Crippen LogP contribution in [0.1, 0.15) is 32.7 Å². The van der Waals surface area contributed by atoms with E-state index in [1.54, 1.807) is 23.7 Å². The summed E-state index contributed by atoms with van der Waals surface area (Å²) < 4.78 is 6.97. The number of amides is 1. The number of fused-ring (bicyclic) bond motifs is 1. The number of hydrogen-bond donors (Lipinski definition) is 1. The number of benzene rings is 1. The predicted molar refractivity (Wildman–Crippen MR) is 125 cm³/mol. The van der Waals surface area contributed by atoms with E-state index in [0.29, 0.717) is 25.3 Å². The first-order chi connectivity index (χ1) is 15.6. The Bertz CT molecular complexity index is 1270. The summed E-state index contributed by atoms with van der Waals surface area (Å²) in [4.78, 5) is 28.4. The summed E-state index contributed by atoms with van der Waals surface area (Å²) in [5.74, 6) is 0.816. The van der Waals surface area contributed by atoms with Crippen molar-refractivity contribution in [1.82, 2.24) is 19.9 Å². The zero-order chi connectivity index (χ0) is 22.1. The molecule has 1 aliphatic rings. The third-order valence-electron chi connectivity index (χ3n) is 5.48. The van der Waals surface area contributed by atoms with Gasteiger partial charge in [-0.25, -0.2) is 9.97 Å². The number of pyridine rings is 2. The van der Waals surface area contributed by atoms with Crippen LogP contribution in [0.5, 0.6) is 0 Å². The molecular formula is C24H23N5O2S. The first kappa shape index (κ1) is 20.5. The highest BCUT2D eigenvalue weighted by Gasteiger charge is 2.27. The standard InChI is InChI=1S/C24H23N5O2S/c1-15-4-3-9-25-23(15)28-18-6-8-19(26-13-18)21-14-29(10-11-31-21)24(30)17-5-7-20-22(12-17)32-16(2)27-20/h3-9,12-13,21H,10-11,14H2,1-2H3,(H,25,28)/t21-/m0/s1. The zero-order valence-corrected chi connectivity index (χ0v) is 18.7. The van der Waals surface area contributed by atoms with Crippen molar-refractivity contribution in [3.8, 4) is 0 Å². The highest BCUT2D eigenvalue weighted by atomic mass is 32.1. The molecule has 0 bridgehead atoms. The van der Waals surface area contributed by atoms with Crippen LogP contribution in [-0.4, -0.2) is 45.5 Å². The topological polar surface area (TPSA) is 80.2 Å². The van der Waals surface area contributed by atoms with Gasteiger partial charge in [0.1, 0.15) is 11.9 Å². The van der Waals surface area contributed by atoms with E-state index < -0.39 is 0 Å². The molecule has 162 valence electrons. The fourth-order valence-electron chi connectivity index (χ4n) is 3.79. The van der Waals surface area contributed by atoms with Gasteiger partial charge >= 0.3 is 0 Å². The molecule has 1 atom stereocenters. The number of ether oxygens (including phenoxy) is 1. The lowest BCUT2D eigenvalue weighted by atomic mass is 10.1. The van der Waals surface area contributed by atoms with Crippen LogP contribution in [0.3, 0.4) is 0 Å². The molecule has 7 nitrogen and oxygen atoms in total. The van der Waals surface area contributed by atoms with Gasteiger partial charge in [-0.1, -0.05) is 6.07 Å². The van der Waals surface area contributed by atoms with Crippen LogP contribution in [0.15, 0.2) is 54.9 Å². The van der Waals surface area contributed by atoms with Gasteiger partial charge in [0.05, 0.1) is 46.0 Å². The number of nitrogens with zero attached hydrogens (tertiary/aromatic N) is 4. The van der Waals surface area contributed by atoms with E-state index in [1.165, 1.54) is 0 Å². The van der Waals surface area contributed by atoms with E-state index in [2.05, 4.69) is 20.3 Å². The fourth-order valence-corrected chi connectivity index (χ4v) is 4.66. The van der Waals surface area contributed by atoms with Gasteiger partial charge in [-0.3, -0.25) is 9.78 Å². The van der Waals surface area contributed by atoms with Crippen LogP contribution in [0, 0.1) is 13.8 Å². The lowest BCUT2D eigenvalue weighted by Crippen LogP contribution is -2.42. The highest BCUT2D eigenvalue weighted by molar-refractivity contribution is 7.18. The molecule has 1 fully saturated rings. The van der Waals surface area contributed by atoms with E-state index in [1.807, 2.05) is 61.2 Å². The summed E-state index contributed by atoms with van der Waals surface area (Å²) in [5, 5.41) is 4.28. The smallest absolute Gasteiger partial charge is 0.254 e. The minimum absolute atomic E-state index is 0.00941. The van der Waals surface area contributed by atoms with Crippen molar-refractivity contribution < 1.29 is 9.53 Å². The van der Waals surface area contributed by atoms with Crippen LogP contribution >= 0.6 is 11.3 Å². The molecule has 4 aromatic rings. The summed E-state index contributed by atoms with van der Waals surface area (Å²) in [7, 11) is 0. The lowest BCUT2D eigenvalue weighted by molar-refractivity contribution is -0.0247. The quantitative estimate of drug-likeness (QED) is 0.492. The fraction of sp³-hybridized carbons (Fsp3) is 0.250. The summed E-state index contributed by atoms with van der Waals surface area (Å²) in [6.07, 6.45) is 3.27. The minimum atomic E-state index is -0.257. The average Bonchev–Trinajstić information content (AvgIpc) is 3.20. The van der Waals surface area contributed by atoms with Crippen molar-refractivity contribution in [3.63, 3.8) is 0 Å². The van der Waals surface area contributed by atoms with Crippen molar-refractivity contribution in [2.45, 2.75) is 20.0 Å². The van der Waals surface area contributed by atoms with Gasteiger partial charge < -0.3 is 15.0 Å². The molecule has 5 rings (SSSR count). The van der Waals surface area contributed by atoms with Gasteiger partial charge in [-0.05, 0) is 55.8 Å². The number of carbonyl (C=O) groups excluding carboxylic acids is 1. The summed E-state index contributed by atoms with van der Waals surface area (Å²) in [5.41, 5.74) is 4.34. The Morgan fingerprint density at radius 3 is 2.91 bits per heavy atom. The molecular weight excluding hydrogens is 422 g/mol. The number of aryl methyl sites for hydroxylation is 2. The third-order valence-corrected chi connectivity index (χ3v) is 6.42. The number of rotatable bonds is 4. The largest absolute Gasteiger partial charge is 0.368 e. The second kappa shape index (κ2) is 8.64. The molecule has 1 aromatic carbocycles. The highest BCUT2D eigenvalue weighted by Crippen LogP contribution is 2.26. The maximum Gasteiger partial charge on any atom is 0.254 e. The molecule has 0 aliphatic carbocycles. The molecule has 32 heavy (non-hydrogen) atoms. The Morgan fingerprint density at radius 1 is 1.19 bits per heavy atom. The van der Waals surface area contributed by atoms with Crippen molar-refractivity contribution in [3.05, 3.63) is 76.7 Å². The first-order valence-electron chi connectivity index (χ1n) is 10.5. The molecule has 1 saturated heterocycles. The number of morpholine rings is 1. The Labute approximate surface area is 190 Å². The Kier molecular flexibility index (Phi) is 5.55. The van der Waals surface area contributed by atoms with Crippen molar-refractivity contribution in [1.29, 1.82) is 0 Å². The number of hydrogen-bond acceptors (Lipinski definition) is 7. The normalized spacial score (nSPS) is 16.3. The first-order valence-corrected chi connectivity index (χ1v) is 11.3. The number of anilines is 2. The summed E-state index contributed by atoms with van der Waals surface area (Å²) in [6.45, 7) is 5.50. The SMILES string of the molecule is Cc1nc2ccc(C(=O)N3CCO[C@H](c4ccc(Nc5ncccc5C)cn4)C3)cc2s1. The number of nitrogens with one attached hydrogen (secondary N) is 1. The van der Waals surface area contributed by atoms with Gasteiger partial charge in [-0.15, -0.1) is 11.3 Å². The van der Waals surface area contributed by atoms with Crippen molar-refractivity contribution in [2.24, 2.45) is 0 Å². The Balaban J connectivity index is 1.28. The second-order valence-corrected chi connectivity index (χ2v) is 9.03. The molecule has 0 spiro atoms. The van der Waals surface area contributed by atoms with Crippen LogP contribution in [0.4, 0.5) is 11.5 Å². The van der Waals surface area contributed by atoms with Crippen LogP contribution < -0.4 is 5.32 Å². The predicted octanol–water partition coefficient (Wildman–Crippen LogP) is 4.66. The molecule has 4 heterocycles. The van der Waals surface area contributed by atoms with E-state index in [-0.39, 0.29) is 12.0 Å².